The van der Waals surface area contributed by atoms with Gasteiger partial charge in [-0.1, -0.05) is 30.3 Å². The third-order valence-corrected chi connectivity index (χ3v) is 8.79. The predicted molar refractivity (Wildman–Crippen MR) is 148 cm³/mol. The molecule has 3 aromatic carbocycles. The second-order valence-corrected chi connectivity index (χ2v) is 11.0. The van der Waals surface area contributed by atoms with Gasteiger partial charge in [-0.3, -0.25) is 19.3 Å². The number of anilines is 1. The first-order chi connectivity index (χ1) is 19.9. The Bertz CT molecular complexity index is 1710. The van der Waals surface area contributed by atoms with Crippen molar-refractivity contribution in [3.63, 3.8) is 0 Å². The third-order valence-electron chi connectivity index (χ3n) is 8.79. The molecule has 2 aliphatic carbocycles. The Kier molecular flexibility index (Phi) is 5.99. The fraction of sp³-hybridized carbons (Fsp3) is 0.242. The third kappa shape index (κ3) is 4.22. The number of hydrogen-bond donors (Lipinski definition) is 0. The molecule has 0 spiro atoms. The number of halogens is 1. The summed E-state index contributed by atoms with van der Waals surface area (Å²) in [6, 6.07) is 20.8. The zero-order valence-corrected chi connectivity index (χ0v) is 22.0. The smallest absolute Gasteiger partial charge is 0.339 e. The molecule has 41 heavy (non-hydrogen) atoms. The first-order valence-electron chi connectivity index (χ1n) is 13.7. The summed E-state index contributed by atoms with van der Waals surface area (Å²) in [4.78, 5) is 58.1. The maximum absolute atomic E-state index is 13.2. The van der Waals surface area contributed by atoms with Crippen molar-refractivity contribution in [3.05, 3.63) is 95.8 Å². The molecular formula is C33H25FN2O5. The van der Waals surface area contributed by atoms with Crippen LogP contribution in [0.4, 0.5) is 10.1 Å². The molecule has 3 fully saturated rings. The summed E-state index contributed by atoms with van der Waals surface area (Å²) < 4.78 is 18.5. The van der Waals surface area contributed by atoms with Gasteiger partial charge in [0.05, 0.1) is 34.3 Å². The average molecular weight is 549 g/mol. The van der Waals surface area contributed by atoms with Gasteiger partial charge in [0.15, 0.2) is 12.4 Å². The van der Waals surface area contributed by atoms with Crippen LogP contribution in [-0.2, 0) is 14.3 Å². The van der Waals surface area contributed by atoms with Gasteiger partial charge in [-0.2, -0.15) is 0 Å². The Hall–Kier alpha value is -4.72. The zero-order chi connectivity index (χ0) is 28.2. The van der Waals surface area contributed by atoms with E-state index in [2.05, 4.69) is 0 Å². The summed E-state index contributed by atoms with van der Waals surface area (Å²) in [6.07, 6.45) is 3.03. The van der Waals surface area contributed by atoms with E-state index in [-0.39, 0.29) is 34.8 Å². The molecule has 0 N–H and O–H groups in total. The van der Waals surface area contributed by atoms with E-state index < -0.39 is 24.2 Å². The van der Waals surface area contributed by atoms with Gasteiger partial charge >= 0.3 is 5.97 Å². The Morgan fingerprint density at radius 3 is 2.22 bits per heavy atom. The molecule has 2 saturated carbocycles. The van der Waals surface area contributed by atoms with Crippen LogP contribution >= 0.6 is 0 Å². The Morgan fingerprint density at radius 2 is 1.54 bits per heavy atom. The van der Waals surface area contributed by atoms with Gasteiger partial charge in [-0.25, -0.2) is 14.2 Å². The maximum atomic E-state index is 13.2. The van der Waals surface area contributed by atoms with Crippen LogP contribution in [0.15, 0.2) is 78.9 Å². The number of fused-ring (bicyclic) bond motifs is 6. The lowest BCUT2D eigenvalue weighted by molar-refractivity contribution is -0.123. The number of Topliss-reactive ketones (excluding diaryl/α,β-unsaturated/α-hetero) is 1. The number of rotatable bonds is 6. The van der Waals surface area contributed by atoms with Crippen LogP contribution in [-0.4, -0.2) is 35.2 Å². The SMILES string of the molecule is O=C(COC(=O)c1cc(-c2ccc(N3C(=O)[C@@H]4[C@@H]5CC[C@@H](C5)[C@@H]4C3=O)cc2)nc2ccccc12)c1ccc(F)cc1. The van der Waals surface area contributed by atoms with E-state index in [1.165, 1.54) is 29.2 Å². The van der Waals surface area contributed by atoms with Gasteiger partial charge in [0, 0.05) is 16.5 Å². The summed E-state index contributed by atoms with van der Waals surface area (Å²) in [5, 5.41) is 0.571. The highest BCUT2D eigenvalue weighted by molar-refractivity contribution is 6.22. The number of aromatic nitrogens is 1. The van der Waals surface area contributed by atoms with E-state index >= 15 is 0 Å². The van der Waals surface area contributed by atoms with E-state index in [4.69, 9.17) is 9.72 Å². The van der Waals surface area contributed by atoms with Gasteiger partial charge in [-0.15, -0.1) is 0 Å². The lowest BCUT2D eigenvalue weighted by Crippen LogP contribution is -2.32. The van der Waals surface area contributed by atoms with Crippen molar-refractivity contribution >= 4 is 40.2 Å². The van der Waals surface area contributed by atoms with Crippen LogP contribution < -0.4 is 4.90 Å². The minimum Gasteiger partial charge on any atom is -0.454 e. The second kappa shape index (κ2) is 9.73. The first-order valence-corrected chi connectivity index (χ1v) is 13.7. The van der Waals surface area contributed by atoms with Crippen LogP contribution in [0.1, 0.15) is 40.0 Å². The van der Waals surface area contributed by atoms with Crippen molar-refractivity contribution in [2.24, 2.45) is 23.7 Å². The molecule has 7 rings (SSSR count). The number of carbonyl (C=O) groups excluding carboxylic acids is 4. The van der Waals surface area contributed by atoms with Crippen molar-refractivity contribution in [3.8, 4) is 11.3 Å². The number of para-hydroxylation sites is 1. The molecule has 2 amide bonds. The van der Waals surface area contributed by atoms with Gasteiger partial charge in [0.1, 0.15) is 5.82 Å². The number of imide groups is 1. The molecule has 7 nitrogen and oxygen atoms in total. The number of carbonyl (C=O) groups is 4. The van der Waals surface area contributed by atoms with Crippen LogP contribution in [0, 0.1) is 29.5 Å². The monoisotopic (exact) mass is 548 g/mol. The van der Waals surface area contributed by atoms with Gasteiger partial charge in [0.2, 0.25) is 11.8 Å². The largest absolute Gasteiger partial charge is 0.454 e. The lowest BCUT2D eigenvalue weighted by atomic mass is 9.81. The van der Waals surface area contributed by atoms with Gasteiger partial charge in [-0.05, 0) is 79.6 Å². The second-order valence-electron chi connectivity index (χ2n) is 11.0. The van der Waals surface area contributed by atoms with E-state index in [1.807, 2.05) is 6.07 Å². The first kappa shape index (κ1) is 25.3. The standard InChI is InChI=1S/C33H25FN2O5/c34-22-11-7-19(8-12-22)28(37)17-41-33(40)25-16-27(35-26-4-2-1-3-24(25)26)18-9-13-23(14-10-18)36-31(38)29-20-5-6-21(15-20)30(29)32(36)39/h1-4,7-14,16,20-21,29-30H,5-6,15,17H2/t20-,21+,29-,30+. The molecule has 1 aromatic heterocycles. The number of nitrogens with zero attached hydrogens (tertiary/aromatic N) is 2. The summed E-state index contributed by atoms with van der Waals surface area (Å²) in [6.45, 7) is -0.493. The fourth-order valence-corrected chi connectivity index (χ4v) is 6.86. The number of benzene rings is 3. The summed E-state index contributed by atoms with van der Waals surface area (Å²) in [5.74, 6) is -1.53. The molecule has 0 unspecified atom stereocenters. The molecule has 0 radical (unpaired) electrons. The van der Waals surface area contributed by atoms with E-state index in [1.54, 1.807) is 48.5 Å². The van der Waals surface area contributed by atoms with Crippen LogP contribution in [0.2, 0.25) is 0 Å². The van der Waals surface area contributed by atoms with Crippen LogP contribution in [0.25, 0.3) is 22.2 Å². The average Bonchev–Trinajstić information content (AvgIpc) is 3.69. The summed E-state index contributed by atoms with van der Waals surface area (Å²) >= 11 is 0. The van der Waals surface area contributed by atoms with Gasteiger partial charge < -0.3 is 4.74 Å². The molecule has 2 bridgehead atoms. The van der Waals surface area contributed by atoms with E-state index in [9.17, 15) is 23.6 Å². The highest BCUT2D eigenvalue weighted by atomic mass is 19.1. The number of ketones is 1. The number of amides is 2. The molecular weight excluding hydrogens is 523 g/mol. The van der Waals surface area contributed by atoms with E-state index in [0.29, 0.717) is 39.7 Å². The minimum atomic E-state index is -0.689. The maximum Gasteiger partial charge on any atom is 0.339 e. The number of hydrogen-bond acceptors (Lipinski definition) is 6. The van der Waals surface area contributed by atoms with Crippen molar-refractivity contribution in [2.45, 2.75) is 19.3 Å². The van der Waals surface area contributed by atoms with Crippen molar-refractivity contribution < 1.29 is 28.3 Å². The van der Waals surface area contributed by atoms with E-state index in [0.717, 1.165) is 19.3 Å². The molecule has 3 aliphatic rings. The Labute approximate surface area is 234 Å². The molecule has 1 saturated heterocycles. The van der Waals surface area contributed by atoms with Crippen molar-refractivity contribution in [2.75, 3.05) is 11.5 Å². The number of pyridine rings is 1. The normalized spacial score (nSPS) is 22.8. The Morgan fingerprint density at radius 1 is 0.878 bits per heavy atom. The number of ether oxygens (including phenoxy) is 1. The highest BCUT2D eigenvalue weighted by Crippen LogP contribution is 2.56. The predicted octanol–water partition coefficient (Wildman–Crippen LogP) is 5.62. The topological polar surface area (TPSA) is 93.6 Å². The van der Waals surface area contributed by atoms with Crippen molar-refractivity contribution in [1.29, 1.82) is 0 Å². The minimum absolute atomic E-state index is 0.0935. The zero-order valence-electron chi connectivity index (χ0n) is 22.0. The summed E-state index contributed by atoms with van der Waals surface area (Å²) in [5.41, 5.74) is 2.79. The highest BCUT2D eigenvalue weighted by Gasteiger charge is 2.61. The summed E-state index contributed by atoms with van der Waals surface area (Å²) in [7, 11) is 0. The van der Waals surface area contributed by atoms with Gasteiger partial charge in [0.25, 0.3) is 0 Å². The van der Waals surface area contributed by atoms with Crippen molar-refractivity contribution in [1.82, 2.24) is 4.98 Å². The molecule has 1 aliphatic heterocycles. The number of esters is 1. The van der Waals surface area contributed by atoms with Crippen LogP contribution in [0.3, 0.4) is 0 Å². The molecule has 204 valence electrons. The van der Waals surface area contributed by atoms with Crippen LogP contribution in [0.5, 0.6) is 0 Å². The fourth-order valence-electron chi connectivity index (χ4n) is 6.86. The lowest BCUT2D eigenvalue weighted by Gasteiger charge is -2.19. The molecule has 4 atom stereocenters. The molecule has 4 aromatic rings. The molecule has 2 heterocycles. The Balaban J connectivity index is 1.14. The molecule has 8 heteroatoms. The quantitative estimate of drug-likeness (QED) is 0.177.